The normalized spacial score (nSPS) is 12.1. The van der Waals surface area contributed by atoms with E-state index in [1.54, 1.807) is 0 Å². The van der Waals surface area contributed by atoms with Crippen LogP contribution in [-0.4, -0.2) is 37.2 Å². The summed E-state index contributed by atoms with van der Waals surface area (Å²) >= 11 is 0. The van der Waals surface area contributed by atoms with Crippen molar-refractivity contribution < 1.29 is 28.6 Å². The maximum absolute atomic E-state index is 12.9. The highest BCUT2D eigenvalue weighted by atomic mass is 16.6. The summed E-state index contributed by atoms with van der Waals surface area (Å²) in [6.07, 6.45) is 68.8. The highest BCUT2D eigenvalue weighted by molar-refractivity contribution is 5.71. The van der Waals surface area contributed by atoms with E-state index in [2.05, 4.69) is 45.1 Å². The average Bonchev–Trinajstić information content (AvgIpc) is 3.35. The van der Waals surface area contributed by atoms with E-state index in [4.69, 9.17) is 14.2 Å². The van der Waals surface area contributed by atoms with Gasteiger partial charge in [-0.1, -0.05) is 295 Å². The van der Waals surface area contributed by atoms with Gasteiger partial charge in [0.1, 0.15) is 13.2 Å². The lowest BCUT2D eigenvalue weighted by molar-refractivity contribution is -0.167. The van der Waals surface area contributed by atoms with Crippen molar-refractivity contribution in [1.82, 2.24) is 0 Å². The van der Waals surface area contributed by atoms with Crippen molar-refractivity contribution >= 4 is 17.9 Å². The Kier molecular flexibility index (Phi) is 56.7. The molecule has 0 N–H and O–H groups in total. The molecule has 0 aromatic heterocycles. The van der Waals surface area contributed by atoms with Gasteiger partial charge in [0, 0.05) is 19.3 Å². The fourth-order valence-electron chi connectivity index (χ4n) is 9.30. The fraction of sp³-hybridized carbons (Fsp3) is 0.889. The summed E-state index contributed by atoms with van der Waals surface area (Å²) in [6, 6.07) is 0. The monoisotopic (exact) mass is 971 g/mol. The summed E-state index contributed by atoms with van der Waals surface area (Å²) in [6.45, 7) is 6.68. The molecule has 0 aromatic carbocycles. The van der Waals surface area contributed by atoms with Crippen molar-refractivity contribution in [2.24, 2.45) is 0 Å². The van der Waals surface area contributed by atoms with E-state index in [9.17, 15) is 14.4 Å². The summed E-state index contributed by atoms with van der Waals surface area (Å²) in [5.74, 6) is -0.844. The Balaban J connectivity index is 4.31. The molecule has 0 amide bonds. The van der Waals surface area contributed by atoms with E-state index in [1.165, 1.54) is 238 Å². The molecule has 0 aliphatic heterocycles. The molecule has 0 saturated heterocycles. The number of carbonyl (C=O) groups is 3. The van der Waals surface area contributed by atoms with Gasteiger partial charge in [-0.2, -0.15) is 0 Å². The molecule has 69 heavy (non-hydrogen) atoms. The smallest absolute Gasteiger partial charge is 0.306 e. The number of carbonyl (C=O) groups excluding carboxylic acids is 3. The van der Waals surface area contributed by atoms with Crippen LogP contribution >= 0.6 is 0 Å². The number of hydrogen-bond donors (Lipinski definition) is 0. The van der Waals surface area contributed by atoms with Crippen molar-refractivity contribution in [1.29, 1.82) is 0 Å². The van der Waals surface area contributed by atoms with Gasteiger partial charge in [-0.05, 0) is 51.4 Å². The summed E-state index contributed by atoms with van der Waals surface area (Å²) in [4.78, 5) is 38.2. The Morgan fingerprint density at radius 3 is 0.826 bits per heavy atom. The number of allylic oxidation sites excluding steroid dienone is 4. The van der Waals surface area contributed by atoms with Gasteiger partial charge < -0.3 is 14.2 Å². The van der Waals surface area contributed by atoms with Gasteiger partial charge in [-0.3, -0.25) is 14.4 Å². The number of ether oxygens (including phenoxy) is 3. The van der Waals surface area contributed by atoms with E-state index in [1.807, 2.05) is 0 Å². The van der Waals surface area contributed by atoms with Crippen molar-refractivity contribution in [3.05, 3.63) is 24.3 Å². The van der Waals surface area contributed by atoms with Gasteiger partial charge in [-0.25, -0.2) is 0 Å². The van der Waals surface area contributed by atoms with Crippen molar-refractivity contribution in [3.63, 3.8) is 0 Å². The van der Waals surface area contributed by atoms with Crippen molar-refractivity contribution in [3.8, 4) is 0 Å². The molecule has 0 aliphatic rings. The predicted molar refractivity (Wildman–Crippen MR) is 298 cm³/mol. The molecule has 0 spiro atoms. The van der Waals surface area contributed by atoms with Crippen LogP contribution in [0.2, 0.25) is 0 Å². The van der Waals surface area contributed by atoms with Crippen LogP contribution in [0.3, 0.4) is 0 Å². The van der Waals surface area contributed by atoms with Crippen LogP contribution in [0.1, 0.15) is 342 Å². The van der Waals surface area contributed by atoms with Gasteiger partial charge in [0.05, 0.1) is 0 Å². The molecule has 0 heterocycles. The van der Waals surface area contributed by atoms with Gasteiger partial charge in [-0.15, -0.1) is 0 Å². The van der Waals surface area contributed by atoms with Crippen molar-refractivity contribution in [2.75, 3.05) is 13.2 Å². The summed E-state index contributed by atoms with van der Waals surface area (Å²) < 4.78 is 16.9. The number of esters is 3. The molecule has 0 bridgehead atoms. The highest BCUT2D eigenvalue weighted by Crippen LogP contribution is 2.18. The van der Waals surface area contributed by atoms with Crippen LogP contribution in [0, 0.1) is 0 Å². The fourth-order valence-corrected chi connectivity index (χ4v) is 9.30. The molecule has 1 atom stereocenters. The van der Waals surface area contributed by atoms with Crippen molar-refractivity contribution in [2.45, 2.75) is 348 Å². The molecule has 6 nitrogen and oxygen atoms in total. The maximum Gasteiger partial charge on any atom is 0.306 e. The molecule has 0 fully saturated rings. The lowest BCUT2D eigenvalue weighted by Crippen LogP contribution is -2.30. The van der Waals surface area contributed by atoms with Crippen LogP contribution in [0.5, 0.6) is 0 Å². The molecule has 0 radical (unpaired) electrons. The quantitative estimate of drug-likeness (QED) is 0.0261. The van der Waals surface area contributed by atoms with Gasteiger partial charge in [0.2, 0.25) is 0 Å². The molecular weight excluding hydrogens is 853 g/mol. The summed E-state index contributed by atoms with van der Waals surface area (Å²) in [5, 5.41) is 0. The van der Waals surface area contributed by atoms with Crippen LogP contribution in [0.25, 0.3) is 0 Å². The number of rotatable bonds is 57. The molecule has 406 valence electrons. The first-order chi connectivity index (χ1) is 34.0. The first-order valence-corrected chi connectivity index (χ1v) is 30.8. The Bertz CT molecular complexity index is 1110. The largest absolute Gasteiger partial charge is 0.462 e. The third-order valence-electron chi connectivity index (χ3n) is 14.0. The third-order valence-corrected chi connectivity index (χ3v) is 14.0. The highest BCUT2D eigenvalue weighted by Gasteiger charge is 2.19. The summed E-state index contributed by atoms with van der Waals surface area (Å²) in [5.41, 5.74) is 0. The molecule has 0 saturated carbocycles. The van der Waals surface area contributed by atoms with E-state index in [-0.39, 0.29) is 31.1 Å². The van der Waals surface area contributed by atoms with Gasteiger partial charge in [0.25, 0.3) is 0 Å². The number of unbranched alkanes of at least 4 members (excludes halogenated alkanes) is 42. The zero-order valence-corrected chi connectivity index (χ0v) is 46.6. The Labute approximate surface area is 430 Å². The minimum atomic E-state index is -0.768. The maximum atomic E-state index is 12.9. The van der Waals surface area contributed by atoms with E-state index < -0.39 is 6.10 Å². The molecule has 0 aromatic rings. The standard InChI is InChI=1S/C63H118O6/c1-4-7-10-13-16-19-22-25-28-30-32-34-35-38-41-44-47-50-53-56-62(65)68-59-60(58-67-61(64)55-52-49-46-43-40-37-27-24-21-18-15-12-9-6-3)69-63(66)57-54-51-48-45-42-39-36-33-31-29-26-23-20-17-14-11-8-5-2/h16,19,25,28,60H,4-15,17-18,20-24,26-27,29-59H2,1-3H3/b19-16-,28-25-/t60-/m1/s1. The predicted octanol–water partition coefficient (Wildman–Crippen LogP) is 20.7. The lowest BCUT2D eigenvalue weighted by atomic mass is 10.0. The van der Waals surface area contributed by atoms with Crippen LogP contribution in [0.4, 0.5) is 0 Å². The Morgan fingerprint density at radius 1 is 0.290 bits per heavy atom. The third kappa shape index (κ3) is 56.7. The molecule has 0 unspecified atom stereocenters. The zero-order valence-electron chi connectivity index (χ0n) is 46.6. The first-order valence-electron chi connectivity index (χ1n) is 30.8. The van der Waals surface area contributed by atoms with E-state index in [0.717, 1.165) is 64.2 Å². The average molecular weight is 972 g/mol. The lowest BCUT2D eigenvalue weighted by Gasteiger charge is -2.18. The second kappa shape index (κ2) is 58.5. The van der Waals surface area contributed by atoms with Crippen LogP contribution in [-0.2, 0) is 28.6 Å². The minimum absolute atomic E-state index is 0.0663. The minimum Gasteiger partial charge on any atom is -0.462 e. The zero-order chi connectivity index (χ0) is 50.0. The Hall–Kier alpha value is -2.11. The molecule has 0 rings (SSSR count). The topological polar surface area (TPSA) is 78.9 Å². The number of hydrogen-bond acceptors (Lipinski definition) is 6. The Morgan fingerprint density at radius 2 is 0.522 bits per heavy atom. The van der Waals surface area contributed by atoms with Crippen LogP contribution < -0.4 is 0 Å². The summed E-state index contributed by atoms with van der Waals surface area (Å²) in [7, 11) is 0. The second-order valence-electron chi connectivity index (χ2n) is 21.0. The van der Waals surface area contributed by atoms with Gasteiger partial charge >= 0.3 is 17.9 Å². The molecule has 6 heteroatoms. The second-order valence-corrected chi connectivity index (χ2v) is 21.0. The van der Waals surface area contributed by atoms with Crippen LogP contribution in [0.15, 0.2) is 24.3 Å². The first kappa shape index (κ1) is 66.9. The van der Waals surface area contributed by atoms with E-state index in [0.29, 0.717) is 19.3 Å². The molecular formula is C63H118O6. The van der Waals surface area contributed by atoms with Gasteiger partial charge in [0.15, 0.2) is 6.10 Å². The SMILES string of the molecule is CCCCC/C=C\C/C=C\CCCCCCCCCCCC(=O)OC[C@@H](COC(=O)CCCCCCCCCCCCCCCC)OC(=O)CCCCCCCCCCCCCCCCCCCC. The van der Waals surface area contributed by atoms with E-state index >= 15 is 0 Å². The molecule has 0 aliphatic carbocycles.